The van der Waals surface area contributed by atoms with Crippen LogP contribution in [0.1, 0.15) is 5.56 Å². The summed E-state index contributed by atoms with van der Waals surface area (Å²) in [7, 11) is -1.92. The van der Waals surface area contributed by atoms with Crippen LogP contribution in [0.25, 0.3) is 0 Å². The van der Waals surface area contributed by atoms with E-state index in [0.717, 1.165) is 0 Å². The number of hydrogen-bond acceptors (Lipinski definition) is 4. The van der Waals surface area contributed by atoms with Gasteiger partial charge >= 0.3 is 0 Å². The lowest BCUT2D eigenvalue weighted by molar-refractivity contribution is 0.582. The molecule has 0 saturated heterocycles. The highest BCUT2D eigenvalue weighted by Crippen LogP contribution is 2.18. The summed E-state index contributed by atoms with van der Waals surface area (Å²) in [5.74, 6) is -0.377. The largest absolute Gasteiger partial charge is 0.318 e. The highest BCUT2D eigenvalue weighted by molar-refractivity contribution is 7.92. The van der Waals surface area contributed by atoms with Crippen LogP contribution in [0.15, 0.2) is 35.5 Å². The van der Waals surface area contributed by atoms with E-state index in [4.69, 9.17) is 0 Å². The molecule has 0 aliphatic carbocycles. The summed E-state index contributed by atoms with van der Waals surface area (Å²) in [5, 5.41) is 6.94. The van der Waals surface area contributed by atoms with Gasteiger partial charge in [0.2, 0.25) is 0 Å². The van der Waals surface area contributed by atoms with Crippen LogP contribution in [0.5, 0.6) is 0 Å². The molecule has 8 heteroatoms. The highest BCUT2D eigenvalue weighted by atomic mass is 32.2. The molecule has 1 aromatic heterocycles. The van der Waals surface area contributed by atoms with E-state index in [1.807, 2.05) is 0 Å². The van der Waals surface area contributed by atoms with Crippen molar-refractivity contribution in [3.8, 4) is 0 Å². The predicted octanol–water partition coefficient (Wildman–Crippen LogP) is 1.35. The van der Waals surface area contributed by atoms with Gasteiger partial charge in [-0.2, -0.15) is 5.10 Å². The SMILES string of the molecule is CNCCn1cc(S(=O)(=O)Nc2ccc(F)c(C)c2)cn1. The zero-order valence-electron chi connectivity index (χ0n) is 11.8. The second-order valence-electron chi connectivity index (χ2n) is 4.61. The van der Waals surface area contributed by atoms with Gasteiger partial charge in [0.15, 0.2) is 0 Å². The Kier molecular flexibility index (Phi) is 4.59. The average molecular weight is 312 g/mol. The molecule has 1 heterocycles. The molecular weight excluding hydrogens is 295 g/mol. The molecule has 0 bridgehead atoms. The lowest BCUT2D eigenvalue weighted by Crippen LogP contribution is -2.15. The first-order valence-corrected chi connectivity index (χ1v) is 7.87. The van der Waals surface area contributed by atoms with Gasteiger partial charge < -0.3 is 5.32 Å². The molecule has 0 atom stereocenters. The van der Waals surface area contributed by atoms with Crippen LogP contribution >= 0.6 is 0 Å². The van der Waals surface area contributed by atoms with Crippen LogP contribution in [0, 0.1) is 12.7 Å². The van der Waals surface area contributed by atoms with Gasteiger partial charge in [0.05, 0.1) is 12.7 Å². The summed E-state index contributed by atoms with van der Waals surface area (Å²) in [5.41, 5.74) is 0.691. The minimum absolute atomic E-state index is 0.0700. The second kappa shape index (κ2) is 6.23. The minimum Gasteiger partial charge on any atom is -0.318 e. The van der Waals surface area contributed by atoms with Gasteiger partial charge in [-0.1, -0.05) is 0 Å². The van der Waals surface area contributed by atoms with E-state index in [1.54, 1.807) is 18.7 Å². The standard InChI is InChI=1S/C13H17FN4O2S/c1-10-7-11(3-4-13(10)14)17-21(19,20)12-8-16-18(9-12)6-5-15-2/h3-4,7-9,15,17H,5-6H2,1-2H3. The molecule has 1 aromatic carbocycles. The Labute approximate surface area is 123 Å². The fourth-order valence-corrected chi connectivity index (χ4v) is 2.76. The van der Waals surface area contributed by atoms with Crippen LogP contribution in [-0.4, -0.2) is 31.8 Å². The van der Waals surface area contributed by atoms with Crippen molar-refractivity contribution in [3.05, 3.63) is 42.0 Å². The lowest BCUT2D eigenvalue weighted by atomic mass is 10.2. The van der Waals surface area contributed by atoms with Gasteiger partial charge in [-0.25, -0.2) is 12.8 Å². The first-order chi connectivity index (χ1) is 9.92. The normalized spacial score (nSPS) is 11.6. The van der Waals surface area contributed by atoms with Crippen LogP contribution in [0.3, 0.4) is 0 Å². The molecular formula is C13H17FN4O2S. The number of nitrogens with one attached hydrogen (secondary N) is 2. The van der Waals surface area contributed by atoms with Crippen LogP contribution in [-0.2, 0) is 16.6 Å². The summed E-state index contributed by atoms with van der Waals surface area (Å²) >= 11 is 0. The third-order valence-corrected chi connectivity index (χ3v) is 4.26. The lowest BCUT2D eigenvalue weighted by Gasteiger charge is -2.07. The number of sulfonamides is 1. The summed E-state index contributed by atoms with van der Waals surface area (Å²) < 4.78 is 41.6. The van der Waals surface area contributed by atoms with Gasteiger partial charge in [-0.15, -0.1) is 0 Å². The molecule has 21 heavy (non-hydrogen) atoms. The van der Waals surface area contributed by atoms with Crippen molar-refractivity contribution in [3.63, 3.8) is 0 Å². The smallest absolute Gasteiger partial charge is 0.265 e. The Morgan fingerprint density at radius 3 is 2.81 bits per heavy atom. The van der Waals surface area contributed by atoms with Gasteiger partial charge in [0.1, 0.15) is 10.7 Å². The summed E-state index contributed by atoms with van der Waals surface area (Å²) in [6, 6.07) is 4.05. The Morgan fingerprint density at radius 2 is 2.14 bits per heavy atom. The van der Waals surface area contributed by atoms with Crippen molar-refractivity contribution in [1.29, 1.82) is 0 Å². The monoisotopic (exact) mass is 312 g/mol. The third kappa shape index (κ3) is 3.79. The molecule has 6 nitrogen and oxygen atoms in total. The van der Waals surface area contributed by atoms with Crippen molar-refractivity contribution in [2.24, 2.45) is 0 Å². The summed E-state index contributed by atoms with van der Waals surface area (Å²) in [6.07, 6.45) is 2.74. The number of halogens is 1. The van der Waals surface area contributed by atoms with Crippen molar-refractivity contribution >= 4 is 15.7 Å². The molecule has 0 fully saturated rings. The maximum Gasteiger partial charge on any atom is 0.265 e. The van der Waals surface area contributed by atoms with Gasteiger partial charge in [-0.3, -0.25) is 9.40 Å². The first-order valence-electron chi connectivity index (χ1n) is 6.38. The Balaban J connectivity index is 2.17. The van der Waals surface area contributed by atoms with Gasteiger partial charge in [0.25, 0.3) is 10.0 Å². The van der Waals surface area contributed by atoms with Gasteiger partial charge in [0, 0.05) is 18.4 Å². The zero-order valence-corrected chi connectivity index (χ0v) is 12.6. The number of aromatic nitrogens is 2. The maximum absolute atomic E-state index is 13.2. The van der Waals surface area contributed by atoms with E-state index in [9.17, 15) is 12.8 Å². The molecule has 0 radical (unpaired) electrons. The number of likely N-dealkylation sites (N-methyl/N-ethyl adjacent to an activating group) is 1. The summed E-state index contributed by atoms with van der Waals surface area (Å²) in [6.45, 7) is 2.83. The fourth-order valence-electron chi connectivity index (χ4n) is 1.75. The van der Waals surface area contributed by atoms with E-state index in [1.165, 1.54) is 30.6 Å². The zero-order chi connectivity index (χ0) is 15.5. The highest BCUT2D eigenvalue weighted by Gasteiger charge is 2.17. The number of benzene rings is 1. The van der Waals surface area contributed by atoms with E-state index < -0.39 is 10.0 Å². The predicted molar refractivity (Wildman–Crippen MR) is 78.1 cm³/mol. The average Bonchev–Trinajstić information content (AvgIpc) is 2.90. The van der Waals surface area contributed by atoms with E-state index in [0.29, 0.717) is 24.3 Å². The Hall–Kier alpha value is -1.93. The fraction of sp³-hybridized carbons (Fsp3) is 0.308. The maximum atomic E-state index is 13.2. The van der Waals surface area contributed by atoms with E-state index in [-0.39, 0.29) is 10.7 Å². The molecule has 0 spiro atoms. The van der Waals surface area contributed by atoms with E-state index in [2.05, 4.69) is 15.1 Å². The summed E-state index contributed by atoms with van der Waals surface area (Å²) in [4.78, 5) is 0.0700. The molecule has 114 valence electrons. The van der Waals surface area contributed by atoms with Crippen LogP contribution in [0.2, 0.25) is 0 Å². The number of hydrogen-bond donors (Lipinski definition) is 2. The molecule has 0 aliphatic rings. The third-order valence-electron chi connectivity index (χ3n) is 2.92. The quantitative estimate of drug-likeness (QED) is 0.844. The molecule has 2 N–H and O–H groups in total. The molecule has 2 aromatic rings. The van der Waals surface area contributed by atoms with Crippen LogP contribution < -0.4 is 10.0 Å². The van der Waals surface area contributed by atoms with Crippen molar-refractivity contribution in [1.82, 2.24) is 15.1 Å². The molecule has 0 saturated carbocycles. The van der Waals surface area contributed by atoms with Crippen molar-refractivity contribution < 1.29 is 12.8 Å². The van der Waals surface area contributed by atoms with Crippen molar-refractivity contribution in [2.45, 2.75) is 18.4 Å². The molecule has 0 unspecified atom stereocenters. The number of nitrogens with zero attached hydrogens (tertiary/aromatic N) is 2. The number of anilines is 1. The molecule has 2 rings (SSSR count). The number of aryl methyl sites for hydroxylation is 1. The van der Waals surface area contributed by atoms with Gasteiger partial charge in [-0.05, 0) is 37.7 Å². The number of rotatable bonds is 6. The van der Waals surface area contributed by atoms with Crippen LogP contribution in [0.4, 0.5) is 10.1 Å². The Morgan fingerprint density at radius 1 is 1.38 bits per heavy atom. The first kappa shape index (κ1) is 15.5. The molecule has 0 amide bonds. The Bertz CT molecular complexity index is 728. The second-order valence-corrected chi connectivity index (χ2v) is 6.29. The topological polar surface area (TPSA) is 76.0 Å². The van der Waals surface area contributed by atoms with Crippen molar-refractivity contribution in [2.75, 3.05) is 18.3 Å². The molecule has 0 aliphatic heterocycles. The van der Waals surface area contributed by atoms with E-state index >= 15 is 0 Å². The minimum atomic E-state index is -3.72.